The van der Waals surface area contributed by atoms with Crippen LogP contribution in [0, 0.1) is 17.2 Å². The van der Waals surface area contributed by atoms with E-state index in [0.29, 0.717) is 17.7 Å². The van der Waals surface area contributed by atoms with Crippen molar-refractivity contribution in [3.63, 3.8) is 0 Å². The van der Waals surface area contributed by atoms with Gasteiger partial charge in [-0.2, -0.15) is 5.26 Å². The van der Waals surface area contributed by atoms with Crippen LogP contribution in [0.15, 0.2) is 16.7 Å². The third-order valence-corrected chi connectivity index (χ3v) is 4.15. The molecule has 100 valence electrons. The Bertz CT molecular complexity index is 524. The van der Waals surface area contributed by atoms with Crippen molar-refractivity contribution in [3.05, 3.63) is 22.4 Å². The molecular weight excluding hydrogens is 306 g/mol. The van der Waals surface area contributed by atoms with Gasteiger partial charge in [-0.05, 0) is 47.7 Å². The van der Waals surface area contributed by atoms with Crippen LogP contribution < -0.4 is 4.90 Å². The smallest absolute Gasteiger partial charge is 0.163 e. The van der Waals surface area contributed by atoms with Crippen LogP contribution in [-0.2, 0) is 4.74 Å². The number of nitrogens with zero attached hydrogens (tertiary/aromatic N) is 3. The molecule has 1 saturated heterocycles. The third kappa shape index (κ3) is 2.75. The zero-order valence-electron chi connectivity index (χ0n) is 10.8. The van der Waals surface area contributed by atoms with Crippen LogP contribution in [0.1, 0.15) is 25.5 Å². The summed E-state index contributed by atoms with van der Waals surface area (Å²) in [6.07, 6.45) is 4.71. The van der Waals surface area contributed by atoms with E-state index in [4.69, 9.17) is 4.74 Å². The van der Waals surface area contributed by atoms with Crippen LogP contribution in [-0.4, -0.2) is 30.3 Å². The van der Waals surface area contributed by atoms with E-state index in [2.05, 4.69) is 38.8 Å². The second kappa shape index (κ2) is 5.10. The van der Waals surface area contributed by atoms with Gasteiger partial charge in [0.25, 0.3) is 0 Å². The maximum absolute atomic E-state index is 9.21. The van der Waals surface area contributed by atoms with Gasteiger partial charge in [0.05, 0.1) is 17.9 Å². The van der Waals surface area contributed by atoms with Gasteiger partial charge in [0.2, 0.25) is 0 Å². The molecule has 1 aliphatic heterocycles. The van der Waals surface area contributed by atoms with E-state index in [1.807, 2.05) is 6.07 Å². The Kier molecular flexibility index (Phi) is 3.46. The Morgan fingerprint density at radius 1 is 1.47 bits per heavy atom. The molecule has 0 aromatic carbocycles. The highest BCUT2D eigenvalue weighted by molar-refractivity contribution is 9.10. The van der Waals surface area contributed by atoms with Gasteiger partial charge in [0.1, 0.15) is 6.07 Å². The van der Waals surface area contributed by atoms with E-state index in [1.165, 1.54) is 12.8 Å². The van der Waals surface area contributed by atoms with Crippen LogP contribution >= 0.6 is 15.9 Å². The largest absolute Gasteiger partial charge is 0.371 e. The van der Waals surface area contributed by atoms with Crippen molar-refractivity contribution in [1.29, 1.82) is 5.26 Å². The molecule has 0 radical (unpaired) electrons. The summed E-state index contributed by atoms with van der Waals surface area (Å²) in [6, 6.07) is 4.16. The SMILES string of the molecule is C[C@H]1CN(c2cc(Br)cnc2C#N)C[C@@H](C2CC2)O1. The number of pyridine rings is 1. The normalized spacial score (nSPS) is 27.1. The fraction of sp³-hybridized carbons (Fsp3) is 0.571. The number of morpholine rings is 1. The van der Waals surface area contributed by atoms with E-state index >= 15 is 0 Å². The average molecular weight is 322 g/mol. The molecule has 2 heterocycles. The zero-order chi connectivity index (χ0) is 13.4. The van der Waals surface area contributed by atoms with Crippen molar-refractivity contribution in [2.75, 3.05) is 18.0 Å². The maximum Gasteiger partial charge on any atom is 0.163 e. The molecule has 2 fully saturated rings. The van der Waals surface area contributed by atoms with E-state index in [1.54, 1.807) is 6.20 Å². The van der Waals surface area contributed by atoms with Gasteiger partial charge >= 0.3 is 0 Å². The van der Waals surface area contributed by atoms with Crippen molar-refractivity contribution >= 4 is 21.6 Å². The third-order valence-electron chi connectivity index (χ3n) is 3.71. The second-order valence-electron chi connectivity index (χ2n) is 5.36. The zero-order valence-corrected chi connectivity index (χ0v) is 12.4. The van der Waals surface area contributed by atoms with Crippen LogP contribution in [0.5, 0.6) is 0 Å². The molecule has 0 unspecified atom stereocenters. The summed E-state index contributed by atoms with van der Waals surface area (Å²) in [7, 11) is 0. The monoisotopic (exact) mass is 321 g/mol. The molecule has 1 aromatic heterocycles. The Morgan fingerprint density at radius 2 is 2.26 bits per heavy atom. The number of hydrogen-bond acceptors (Lipinski definition) is 4. The van der Waals surface area contributed by atoms with E-state index in [0.717, 1.165) is 23.2 Å². The Labute approximate surface area is 121 Å². The summed E-state index contributed by atoms with van der Waals surface area (Å²) in [4.78, 5) is 6.44. The predicted molar refractivity (Wildman–Crippen MR) is 75.9 cm³/mol. The number of hydrogen-bond donors (Lipinski definition) is 0. The highest BCUT2D eigenvalue weighted by Crippen LogP contribution is 2.38. The first-order valence-electron chi connectivity index (χ1n) is 6.63. The second-order valence-corrected chi connectivity index (χ2v) is 6.28. The quantitative estimate of drug-likeness (QED) is 0.840. The number of rotatable bonds is 2. The Balaban J connectivity index is 1.88. The maximum atomic E-state index is 9.21. The Morgan fingerprint density at radius 3 is 2.95 bits per heavy atom. The average Bonchev–Trinajstić information content (AvgIpc) is 3.22. The first kappa shape index (κ1) is 12.9. The van der Waals surface area contributed by atoms with Crippen LogP contribution in [0.25, 0.3) is 0 Å². The number of nitriles is 1. The van der Waals surface area contributed by atoms with Crippen molar-refractivity contribution < 1.29 is 4.74 Å². The van der Waals surface area contributed by atoms with Gasteiger partial charge in [-0.25, -0.2) is 4.98 Å². The summed E-state index contributed by atoms with van der Waals surface area (Å²) in [5.74, 6) is 0.705. The molecule has 1 saturated carbocycles. The van der Waals surface area contributed by atoms with Crippen molar-refractivity contribution in [2.45, 2.75) is 32.0 Å². The van der Waals surface area contributed by atoms with Gasteiger partial charge < -0.3 is 9.64 Å². The molecule has 0 spiro atoms. The molecule has 2 atom stereocenters. The number of halogens is 1. The lowest BCUT2D eigenvalue weighted by Crippen LogP contribution is -2.47. The molecule has 19 heavy (non-hydrogen) atoms. The number of ether oxygens (including phenoxy) is 1. The molecule has 1 aliphatic carbocycles. The molecule has 2 aliphatic rings. The van der Waals surface area contributed by atoms with Crippen LogP contribution in [0.2, 0.25) is 0 Å². The summed E-state index contributed by atoms with van der Waals surface area (Å²) in [6.45, 7) is 3.77. The van der Waals surface area contributed by atoms with Crippen molar-refractivity contribution in [2.24, 2.45) is 5.92 Å². The topological polar surface area (TPSA) is 49.2 Å². The van der Waals surface area contributed by atoms with Gasteiger partial charge in [0.15, 0.2) is 5.69 Å². The van der Waals surface area contributed by atoms with Gasteiger partial charge in [-0.3, -0.25) is 0 Å². The van der Waals surface area contributed by atoms with Gasteiger partial charge in [0, 0.05) is 23.8 Å². The van der Waals surface area contributed by atoms with Crippen LogP contribution in [0.3, 0.4) is 0 Å². The Hall–Kier alpha value is -1.12. The summed E-state index contributed by atoms with van der Waals surface area (Å²) in [5.41, 5.74) is 1.41. The first-order chi connectivity index (χ1) is 9.17. The standard InChI is InChI=1S/C14H16BrN3O/c1-9-7-18(8-14(19-9)10-2-3-10)13-4-11(15)6-17-12(13)5-16/h4,6,9-10,14H,2-3,7-8H2,1H3/t9-,14-/m0/s1. The van der Waals surface area contributed by atoms with E-state index < -0.39 is 0 Å². The van der Waals surface area contributed by atoms with E-state index in [9.17, 15) is 5.26 Å². The lowest BCUT2D eigenvalue weighted by atomic mass is 10.1. The lowest BCUT2D eigenvalue weighted by Gasteiger charge is -2.38. The van der Waals surface area contributed by atoms with Gasteiger partial charge in [-0.1, -0.05) is 0 Å². The number of anilines is 1. The first-order valence-corrected chi connectivity index (χ1v) is 7.42. The molecule has 0 N–H and O–H groups in total. The minimum absolute atomic E-state index is 0.199. The lowest BCUT2D eigenvalue weighted by molar-refractivity contribution is -0.0271. The fourth-order valence-electron chi connectivity index (χ4n) is 2.67. The molecule has 1 aromatic rings. The van der Waals surface area contributed by atoms with E-state index in [-0.39, 0.29) is 6.10 Å². The fourth-order valence-corrected chi connectivity index (χ4v) is 2.99. The van der Waals surface area contributed by atoms with Crippen molar-refractivity contribution in [3.8, 4) is 6.07 Å². The minimum atomic E-state index is 0.199. The van der Waals surface area contributed by atoms with Gasteiger partial charge in [-0.15, -0.1) is 0 Å². The minimum Gasteiger partial charge on any atom is -0.371 e. The molecule has 3 rings (SSSR count). The summed E-state index contributed by atoms with van der Waals surface area (Å²) < 4.78 is 6.92. The summed E-state index contributed by atoms with van der Waals surface area (Å²) >= 11 is 3.43. The molecular formula is C14H16BrN3O. The molecule has 0 amide bonds. The molecule has 4 nitrogen and oxygen atoms in total. The number of aromatic nitrogens is 1. The highest BCUT2D eigenvalue weighted by Gasteiger charge is 2.37. The molecule has 5 heteroatoms. The molecule has 0 bridgehead atoms. The highest BCUT2D eigenvalue weighted by atomic mass is 79.9. The van der Waals surface area contributed by atoms with Crippen LogP contribution in [0.4, 0.5) is 5.69 Å². The summed E-state index contributed by atoms with van der Waals surface area (Å²) in [5, 5.41) is 9.21. The van der Waals surface area contributed by atoms with Crippen molar-refractivity contribution in [1.82, 2.24) is 4.98 Å². The predicted octanol–water partition coefficient (Wildman–Crippen LogP) is 2.72.